The van der Waals surface area contributed by atoms with Gasteiger partial charge < -0.3 is 9.47 Å². The summed E-state index contributed by atoms with van der Waals surface area (Å²) in [6.07, 6.45) is 2.21. The minimum absolute atomic E-state index is 0. The van der Waals surface area contributed by atoms with Crippen molar-refractivity contribution in [3.8, 4) is 11.3 Å². The summed E-state index contributed by atoms with van der Waals surface area (Å²) >= 11 is 6.11. The van der Waals surface area contributed by atoms with Gasteiger partial charge in [-0.3, -0.25) is 9.30 Å². The highest BCUT2D eigenvalue weighted by atomic mass is 35.5. The molecule has 2 aromatic carbocycles. The molecule has 5 nitrogen and oxygen atoms in total. The number of halogens is 2. The number of benzene rings is 2. The molecule has 5 rings (SSSR count). The van der Waals surface area contributed by atoms with E-state index in [1.165, 1.54) is 5.69 Å². The number of hydrogen-bond acceptors (Lipinski definition) is 3. The standard InChI is InChI=1S/C22H24ClN5.ClH/c1-25-10-12-26(13-11-25)14-15-27-21(17-6-8-18(23)9-7-17)16-28-20-5-3-2-4-19(20)24-22(27)28;/h2-9,16H,10-15H2,1H3;1H. The maximum Gasteiger partial charge on any atom is 0.215 e. The predicted molar refractivity (Wildman–Crippen MR) is 122 cm³/mol. The zero-order chi connectivity index (χ0) is 19.1. The van der Waals surface area contributed by atoms with Crippen LogP contribution in [0.5, 0.6) is 0 Å². The van der Waals surface area contributed by atoms with E-state index in [2.05, 4.69) is 62.3 Å². The Labute approximate surface area is 181 Å². The summed E-state index contributed by atoms with van der Waals surface area (Å²) in [4.78, 5) is 9.87. The van der Waals surface area contributed by atoms with E-state index in [0.29, 0.717) is 0 Å². The summed E-state index contributed by atoms with van der Waals surface area (Å²) in [5.74, 6) is 1.00. The first-order valence-corrected chi connectivity index (χ1v) is 10.2. The van der Waals surface area contributed by atoms with Crippen LogP contribution in [0.2, 0.25) is 5.02 Å². The highest BCUT2D eigenvalue weighted by molar-refractivity contribution is 6.30. The maximum atomic E-state index is 6.11. The van der Waals surface area contributed by atoms with E-state index in [1.807, 2.05) is 18.2 Å². The van der Waals surface area contributed by atoms with Crippen molar-refractivity contribution in [1.82, 2.24) is 23.8 Å². The van der Waals surface area contributed by atoms with Crippen molar-refractivity contribution in [1.29, 1.82) is 0 Å². The Bertz CT molecular complexity index is 1110. The van der Waals surface area contributed by atoms with Crippen molar-refractivity contribution in [2.45, 2.75) is 6.54 Å². The maximum absolute atomic E-state index is 6.11. The number of likely N-dealkylation sites (N-methyl/N-ethyl adjacent to an activating group) is 1. The number of rotatable bonds is 4. The number of fused-ring (bicyclic) bond motifs is 3. The Hall–Kier alpha value is -2.05. The lowest BCUT2D eigenvalue weighted by Gasteiger charge is -2.32. The van der Waals surface area contributed by atoms with Gasteiger partial charge in [0.25, 0.3) is 0 Å². The molecule has 0 amide bonds. The molecule has 7 heteroatoms. The molecule has 1 fully saturated rings. The Morgan fingerprint density at radius 3 is 2.41 bits per heavy atom. The van der Waals surface area contributed by atoms with Gasteiger partial charge in [0, 0.05) is 50.5 Å². The van der Waals surface area contributed by atoms with Crippen LogP contribution in [0.3, 0.4) is 0 Å². The second-order valence-electron chi connectivity index (χ2n) is 7.59. The van der Waals surface area contributed by atoms with Gasteiger partial charge in [0.15, 0.2) is 0 Å². The second-order valence-corrected chi connectivity index (χ2v) is 8.02. The average Bonchev–Trinajstić information content (AvgIpc) is 3.24. The average molecular weight is 430 g/mol. The number of para-hydroxylation sites is 2. The minimum Gasteiger partial charge on any atom is -0.308 e. The molecule has 152 valence electrons. The molecule has 0 spiro atoms. The second kappa shape index (κ2) is 8.36. The van der Waals surface area contributed by atoms with Crippen molar-refractivity contribution in [3.05, 3.63) is 59.8 Å². The topological polar surface area (TPSA) is 28.7 Å². The number of imidazole rings is 2. The van der Waals surface area contributed by atoms with Crippen LogP contribution in [-0.4, -0.2) is 63.5 Å². The first kappa shape index (κ1) is 20.2. The van der Waals surface area contributed by atoms with E-state index in [4.69, 9.17) is 16.6 Å². The zero-order valence-electron chi connectivity index (χ0n) is 16.5. The molecule has 0 saturated carbocycles. The fraction of sp³-hybridized carbons (Fsp3) is 0.318. The van der Waals surface area contributed by atoms with Gasteiger partial charge in [-0.2, -0.15) is 0 Å². The van der Waals surface area contributed by atoms with Gasteiger partial charge >= 0.3 is 0 Å². The van der Waals surface area contributed by atoms with E-state index < -0.39 is 0 Å². The Balaban J connectivity index is 0.00000205. The van der Waals surface area contributed by atoms with Crippen LogP contribution >= 0.6 is 24.0 Å². The monoisotopic (exact) mass is 429 g/mol. The van der Waals surface area contributed by atoms with E-state index in [-0.39, 0.29) is 12.4 Å². The lowest BCUT2D eigenvalue weighted by atomic mass is 10.1. The van der Waals surface area contributed by atoms with Crippen LogP contribution in [-0.2, 0) is 6.54 Å². The molecule has 29 heavy (non-hydrogen) atoms. The minimum atomic E-state index is 0. The van der Waals surface area contributed by atoms with Crippen molar-refractivity contribution >= 4 is 40.8 Å². The molecule has 0 radical (unpaired) electrons. The van der Waals surface area contributed by atoms with Gasteiger partial charge in [-0.1, -0.05) is 35.9 Å². The number of aromatic nitrogens is 3. The van der Waals surface area contributed by atoms with Crippen LogP contribution in [0.1, 0.15) is 0 Å². The molecule has 0 aliphatic carbocycles. The van der Waals surface area contributed by atoms with Crippen LogP contribution in [0, 0.1) is 0 Å². The number of hydrogen-bond donors (Lipinski definition) is 0. The number of piperazine rings is 1. The first-order valence-electron chi connectivity index (χ1n) is 9.82. The van der Waals surface area contributed by atoms with Crippen LogP contribution in [0.4, 0.5) is 0 Å². The molecule has 1 saturated heterocycles. The number of nitrogens with zero attached hydrogens (tertiary/aromatic N) is 5. The summed E-state index contributed by atoms with van der Waals surface area (Å²) in [5, 5.41) is 0.759. The summed E-state index contributed by atoms with van der Waals surface area (Å²) < 4.78 is 4.56. The third kappa shape index (κ3) is 3.88. The molecule has 4 aromatic rings. The Morgan fingerprint density at radius 1 is 0.931 bits per heavy atom. The van der Waals surface area contributed by atoms with Crippen LogP contribution in [0.15, 0.2) is 54.7 Å². The fourth-order valence-corrected chi connectivity index (χ4v) is 4.16. The van der Waals surface area contributed by atoms with Gasteiger partial charge in [0.05, 0.1) is 16.7 Å². The molecule has 2 aromatic heterocycles. The predicted octanol–water partition coefficient (Wildman–Crippen LogP) is 4.28. The Kier molecular flexibility index (Phi) is 5.83. The van der Waals surface area contributed by atoms with E-state index in [9.17, 15) is 0 Å². The molecular formula is C22H25Cl2N5. The molecule has 0 atom stereocenters. The molecule has 0 unspecified atom stereocenters. The Morgan fingerprint density at radius 2 is 1.66 bits per heavy atom. The quantitative estimate of drug-likeness (QED) is 0.484. The van der Waals surface area contributed by atoms with Gasteiger partial charge in [0.2, 0.25) is 5.78 Å². The van der Waals surface area contributed by atoms with Crippen molar-refractivity contribution in [2.75, 3.05) is 39.8 Å². The van der Waals surface area contributed by atoms with E-state index in [0.717, 1.165) is 66.7 Å². The summed E-state index contributed by atoms with van der Waals surface area (Å²) in [7, 11) is 2.20. The van der Waals surface area contributed by atoms with Crippen LogP contribution < -0.4 is 0 Å². The van der Waals surface area contributed by atoms with Crippen LogP contribution in [0.25, 0.3) is 28.1 Å². The van der Waals surface area contributed by atoms with Crippen molar-refractivity contribution in [3.63, 3.8) is 0 Å². The van der Waals surface area contributed by atoms with Gasteiger partial charge in [-0.05, 0) is 36.9 Å². The summed E-state index contributed by atoms with van der Waals surface area (Å²) in [6.45, 7) is 6.47. The fourth-order valence-electron chi connectivity index (χ4n) is 4.03. The summed E-state index contributed by atoms with van der Waals surface area (Å²) in [5.41, 5.74) is 4.52. The molecular weight excluding hydrogens is 405 g/mol. The zero-order valence-corrected chi connectivity index (χ0v) is 18.0. The third-order valence-electron chi connectivity index (χ3n) is 5.74. The van der Waals surface area contributed by atoms with Crippen molar-refractivity contribution < 1.29 is 0 Å². The SMILES string of the molecule is CN1CCN(CCn2c(-c3ccc(Cl)cc3)cn3c4ccccc4nc23)CC1.Cl. The highest BCUT2D eigenvalue weighted by Crippen LogP contribution is 2.27. The smallest absolute Gasteiger partial charge is 0.215 e. The highest BCUT2D eigenvalue weighted by Gasteiger charge is 2.18. The normalized spacial score (nSPS) is 15.8. The first-order chi connectivity index (χ1) is 13.7. The van der Waals surface area contributed by atoms with E-state index in [1.54, 1.807) is 0 Å². The van der Waals surface area contributed by atoms with E-state index >= 15 is 0 Å². The van der Waals surface area contributed by atoms with Gasteiger partial charge in [0.1, 0.15) is 0 Å². The molecule has 0 bridgehead atoms. The summed E-state index contributed by atoms with van der Waals surface area (Å²) in [6, 6.07) is 16.4. The lowest BCUT2D eigenvalue weighted by molar-refractivity contribution is 0.150. The largest absolute Gasteiger partial charge is 0.308 e. The lowest BCUT2D eigenvalue weighted by Crippen LogP contribution is -2.45. The van der Waals surface area contributed by atoms with Crippen molar-refractivity contribution in [2.24, 2.45) is 0 Å². The molecule has 1 aliphatic rings. The molecule has 1 aliphatic heterocycles. The molecule has 0 N–H and O–H groups in total. The third-order valence-corrected chi connectivity index (χ3v) is 5.99. The van der Waals surface area contributed by atoms with Gasteiger partial charge in [-0.25, -0.2) is 4.98 Å². The molecule has 3 heterocycles. The van der Waals surface area contributed by atoms with Gasteiger partial charge in [-0.15, -0.1) is 12.4 Å².